The van der Waals surface area contributed by atoms with Gasteiger partial charge in [-0.3, -0.25) is 4.79 Å². The molecule has 1 aromatic heterocycles. The number of aryl methyl sites for hydroxylation is 2. The van der Waals surface area contributed by atoms with Crippen LogP contribution >= 0.6 is 0 Å². The number of benzene rings is 1. The average Bonchev–Trinajstić information content (AvgIpc) is 3.32. The van der Waals surface area contributed by atoms with E-state index in [2.05, 4.69) is 0 Å². The molecule has 0 unspecified atom stereocenters. The summed E-state index contributed by atoms with van der Waals surface area (Å²) in [4.78, 5) is 12.3. The highest BCUT2D eigenvalue weighted by Crippen LogP contribution is 2.49. The minimum absolute atomic E-state index is 0.154. The summed E-state index contributed by atoms with van der Waals surface area (Å²) in [5, 5.41) is 20.0. The molecule has 22 heavy (non-hydrogen) atoms. The fourth-order valence-electron chi connectivity index (χ4n) is 3.06. The van der Waals surface area contributed by atoms with E-state index in [0.717, 1.165) is 12.0 Å². The zero-order chi connectivity index (χ0) is 15.3. The molecule has 0 spiro atoms. The monoisotopic (exact) mass is 300 g/mol. The summed E-state index contributed by atoms with van der Waals surface area (Å²) in [6.45, 7) is 0. The van der Waals surface area contributed by atoms with Gasteiger partial charge in [0, 0.05) is 12.5 Å². The second-order valence-electron chi connectivity index (χ2n) is 5.80. The Morgan fingerprint density at radius 1 is 1.09 bits per heavy atom. The molecular formula is C17H16O5. The Morgan fingerprint density at radius 2 is 1.86 bits per heavy atom. The first kappa shape index (κ1) is 13.7. The van der Waals surface area contributed by atoms with E-state index in [-0.39, 0.29) is 11.2 Å². The van der Waals surface area contributed by atoms with Gasteiger partial charge in [0.15, 0.2) is 5.43 Å². The van der Waals surface area contributed by atoms with E-state index < -0.39 is 24.4 Å². The van der Waals surface area contributed by atoms with Crippen molar-refractivity contribution in [3.8, 4) is 0 Å². The maximum atomic E-state index is 12.3. The van der Waals surface area contributed by atoms with Gasteiger partial charge in [-0.25, -0.2) is 0 Å². The van der Waals surface area contributed by atoms with Gasteiger partial charge in [-0.2, -0.15) is 0 Å². The summed E-state index contributed by atoms with van der Waals surface area (Å²) < 4.78 is 11.0. The predicted molar refractivity (Wildman–Crippen MR) is 77.4 cm³/mol. The van der Waals surface area contributed by atoms with Crippen LogP contribution in [-0.4, -0.2) is 22.4 Å². The van der Waals surface area contributed by atoms with Crippen molar-refractivity contribution in [3.05, 3.63) is 69.3 Å². The van der Waals surface area contributed by atoms with E-state index in [9.17, 15) is 15.0 Å². The fourth-order valence-corrected chi connectivity index (χ4v) is 3.06. The van der Waals surface area contributed by atoms with Crippen LogP contribution in [0.25, 0.3) is 0 Å². The molecule has 0 bridgehead atoms. The molecule has 4 rings (SSSR count). The first-order valence-electron chi connectivity index (χ1n) is 7.37. The van der Waals surface area contributed by atoms with Crippen LogP contribution in [-0.2, 0) is 17.6 Å². The first-order chi connectivity index (χ1) is 10.6. The van der Waals surface area contributed by atoms with Gasteiger partial charge >= 0.3 is 0 Å². The number of hydrogen-bond acceptors (Lipinski definition) is 5. The standard InChI is InChI=1S/C17H16O5/c18-11-8-10(7-6-9-4-2-1-3-5-9)21-15-12(11)16-17(22-16)14(20)13(15)19/h1-5,8,13-14,16-17,19-20H,6-7H2/t13-,14-,16+,17-/m0/s1. The Kier molecular flexibility index (Phi) is 3.14. The third kappa shape index (κ3) is 2.18. The van der Waals surface area contributed by atoms with Crippen LogP contribution in [0.5, 0.6) is 0 Å². The topological polar surface area (TPSA) is 83.2 Å². The van der Waals surface area contributed by atoms with Crippen LogP contribution < -0.4 is 5.43 Å². The number of fused-ring (bicyclic) bond motifs is 3. The smallest absolute Gasteiger partial charge is 0.191 e. The van der Waals surface area contributed by atoms with E-state index >= 15 is 0 Å². The molecule has 0 amide bonds. The normalized spacial score (nSPS) is 28.8. The summed E-state index contributed by atoms with van der Waals surface area (Å²) in [6, 6.07) is 11.4. The average molecular weight is 300 g/mol. The fraction of sp³-hybridized carbons (Fsp3) is 0.353. The van der Waals surface area contributed by atoms with Crippen LogP contribution in [0.15, 0.2) is 45.6 Å². The zero-order valence-corrected chi connectivity index (χ0v) is 11.8. The number of ether oxygens (including phenoxy) is 1. The van der Waals surface area contributed by atoms with Crippen molar-refractivity contribution in [2.24, 2.45) is 0 Å². The molecule has 1 saturated heterocycles. The number of rotatable bonds is 3. The Labute approximate surface area is 126 Å². The van der Waals surface area contributed by atoms with E-state index in [0.29, 0.717) is 17.7 Å². The lowest BCUT2D eigenvalue weighted by Gasteiger charge is -2.21. The number of hydrogen-bond donors (Lipinski definition) is 2. The van der Waals surface area contributed by atoms with Gasteiger partial charge in [0.25, 0.3) is 0 Å². The van der Waals surface area contributed by atoms with Crippen molar-refractivity contribution >= 4 is 0 Å². The molecule has 2 heterocycles. The van der Waals surface area contributed by atoms with Crippen LogP contribution in [0.4, 0.5) is 0 Å². The highest BCUT2D eigenvalue weighted by molar-refractivity contribution is 5.33. The quantitative estimate of drug-likeness (QED) is 0.834. The molecule has 5 heteroatoms. The first-order valence-corrected chi connectivity index (χ1v) is 7.37. The summed E-state index contributed by atoms with van der Waals surface area (Å²) in [6.07, 6.45) is -1.87. The third-order valence-corrected chi connectivity index (χ3v) is 4.31. The molecular weight excluding hydrogens is 284 g/mol. The number of aliphatic hydroxyl groups is 2. The van der Waals surface area contributed by atoms with Gasteiger partial charge in [-0.05, 0) is 12.0 Å². The van der Waals surface area contributed by atoms with Crippen LogP contribution in [0.2, 0.25) is 0 Å². The SMILES string of the molecule is O=c1cc(CCc2ccccc2)oc2c1[C@H]1O[C@H]1[C@@H](O)[C@@H]2O. The molecule has 2 aromatic rings. The highest BCUT2D eigenvalue weighted by Gasteiger charge is 2.56. The molecule has 0 saturated carbocycles. The van der Waals surface area contributed by atoms with Crippen molar-refractivity contribution in [2.75, 3.05) is 0 Å². The lowest BCUT2D eigenvalue weighted by atomic mass is 9.92. The maximum absolute atomic E-state index is 12.3. The van der Waals surface area contributed by atoms with Crippen LogP contribution in [0, 0.1) is 0 Å². The Hall–Kier alpha value is -1.95. The molecule has 0 radical (unpaired) electrons. The highest BCUT2D eigenvalue weighted by atomic mass is 16.6. The molecule has 1 aromatic carbocycles. The van der Waals surface area contributed by atoms with Gasteiger partial charge < -0.3 is 19.4 Å². The second-order valence-corrected chi connectivity index (χ2v) is 5.80. The van der Waals surface area contributed by atoms with Crippen molar-refractivity contribution < 1.29 is 19.4 Å². The maximum Gasteiger partial charge on any atom is 0.191 e. The van der Waals surface area contributed by atoms with E-state index in [4.69, 9.17) is 9.15 Å². The third-order valence-electron chi connectivity index (χ3n) is 4.31. The summed E-state index contributed by atoms with van der Waals surface area (Å²) in [5.74, 6) is 0.666. The minimum atomic E-state index is -1.21. The minimum Gasteiger partial charge on any atom is -0.463 e. The van der Waals surface area contributed by atoms with Crippen molar-refractivity contribution in [2.45, 2.75) is 37.3 Å². The number of epoxide rings is 1. The predicted octanol–water partition coefficient (Wildman–Crippen LogP) is 1.27. The molecule has 1 aliphatic carbocycles. The van der Waals surface area contributed by atoms with Gasteiger partial charge in [0.2, 0.25) is 0 Å². The summed E-state index contributed by atoms with van der Waals surface area (Å²) in [7, 11) is 0. The van der Waals surface area contributed by atoms with Gasteiger partial charge in [0.05, 0.1) is 5.56 Å². The molecule has 1 fully saturated rings. The lowest BCUT2D eigenvalue weighted by Crippen LogP contribution is -2.32. The van der Waals surface area contributed by atoms with Gasteiger partial charge in [-0.15, -0.1) is 0 Å². The second kappa shape index (κ2) is 5.05. The molecule has 5 nitrogen and oxygen atoms in total. The number of aliphatic hydroxyl groups excluding tert-OH is 2. The largest absolute Gasteiger partial charge is 0.463 e. The van der Waals surface area contributed by atoms with Gasteiger partial charge in [-0.1, -0.05) is 30.3 Å². The van der Waals surface area contributed by atoms with E-state index in [1.54, 1.807) is 0 Å². The molecule has 114 valence electrons. The van der Waals surface area contributed by atoms with Crippen molar-refractivity contribution in [3.63, 3.8) is 0 Å². The van der Waals surface area contributed by atoms with Gasteiger partial charge in [0.1, 0.15) is 35.9 Å². The molecule has 2 N–H and O–H groups in total. The lowest BCUT2D eigenvalue weighted by molar-refractivity contribution is -0.0137. The molecule has 2 aliphatic rings. The summed E-state index contributed by atoms with van der Waals surface area (Å²) >= 11 is 0. The molecule has 4 atom stereocenters. The van der Waals surface area contributed by atoms with E-state index in [1.165, 1.54) is 6.07 Å². The van der Waals surface area contributed by atoms with Crippen LogP contribution in [0.1, 0.15) is 34.9 Å². The van der Waals surface area contributed by atoms with Crippen molar-refractivity contribution in [1.82, 2.24) is 0 Å². The van der Waals surface area contributed by atoms with E-state index in [1.807, 2.05) is 30.3 Å². The van der Waals surface area contributed by atoms with Crippen LogP contribution in [0.3, 0.4) is 0 Å². The zero-order valence-electron chi connectivity index (χ0n) is 11.8. The molecule has 1 aliphatic heterocycles. The summed E-state index contributed by atoms with van der Waals surface area (Å²) in [5.41, 5.74) is 1.31. The Morgan fingerprint density at radius 3 is 2.64 bits per heavy atom. The Balaban J connectivity index is 1.63. The Bertz CT molecular complexity index is 751. The van der Waals surface area contributed by atoms with Crippen molar-refractivity contribution in [1.29, 1.82) is 0 Å².